The van der Waals surface area contributed by atoms with Crippen LogP contribution in [0.15, 0.2) is 72.9 Å². The van der Waals surface area contributed by atoms with Crippen LogP contribution in [-0.2, 0) is 18.4 Å². The van der Waals surface area contributed by atoms with Crippen LogP contribution >= 0.6 is 7.82 Å². The molecule has 1 amide bonds. The second kappa shape index (κ2) is 73.2. The van der Waals surface area contributed by atoms with Crippen molar-refractivity contribution in [3.63, 3.8) is 0 Å². The largest absolute Gasteiger partial charge is 0.472 e. The average Bonchev–Trinajstić information content (AvgIpc) is 2.63. The van der Waals surface area contributed by atoms with Crippen molar-refractivity contribution in [2.75, 3.05) is 40.9 Å². The molecule has 0 radical (unpaired) electrons. The molecule has 0 aromatic rings. The Labute approximate surface area is 574 Å². The van der Waals surface area contributed by atoms with Crippen molar-refractivity contribution < 1.29 is 32.9 Å². The molecule has 0 spiro atoms. The first kappa shape index (κ1) is 89.9. The Balaban J connectivity index is 3.94. The number of carbonyl (C=O) groups is 1. The van der Waals surface area contributed by atoms with E-state index in [0.29, 0.717) is 17.4 Å². The molecule has 0 bridgehead atoms. The number of aliphatic hydroxyl groups is 1. The number of nitrogens with one attached hydrogen (secondary N) is 1. The quantitative estimate of drug-likeness (QED) is 0.0243. The van der Waals surface area contributed by atoms with E-state index in [1.165, 1.54) is 308 Å². The van der Waals surface area contributed by atoms with Gasteiger partial charge >= 0.3 is 7.82 Å². The second-order valence-electron chi connectivity index (χ2n) is 28.8. The van der Waals surface area contributed by atoms with Crippen molar-refractivity contribution in [3.8, 4) is 0 Å². The molecule has 0 heterocycles. The third-order valence-corrected chi connectivity index (χ3v) is 19.4. The zero-order chi connectivity index (χ0) is 66.9. The van der Waals surface area contributed by atoms with E-state index in [1.54, 1.807) is 6.08 Å². The van der Waals surface area contributed by atoms with E-state index in [-0.39, 0.29) is 19.1 Å². The number of hydrogen-bond donors (Lipinski definition) is 3. The molecule has 3 atom stereocenters. The van der Waals surface area contributed by atoms with Gasteiger partial charge in [-0.1, -0.05) is 401 Å². The van der Waals surface area contributed by atoms with E-state index < -0.39 is 20.0 Å². The topological polar surface area (TPSA) is 105 Å². The van der Waals surface area contributed by atoms with Gasteiger partial charge < -0.3 is 19.8 Å². The normalized spacial score (nSPS) is 13.9. The van der Waals surface area contributed by atoms with Crippen LogP contribution in [0.5, 0.6) is 0 Å². The number of carbonyl (C=O) groups excluding carboxylic acids is 1. The molecule has 0 saturated carbocycles. The molecule has 8 nitrogen and oxygen atoms in total. The number of phosphoric ester groups is 1. The lowest BCUT2D eigenvalue weighted by atomic mass is 10.0. The van der Waals surface area contributed by atoms with Crippen LogP contribution in [0.4, 0.5) is 0 Å². The Morgan fingerprint density at radius 2 is 0.652 bits per heavy atom. The van der Waals surface area contributed by atoms with Crippen molar-refractivity contribution >= 4 is 13.7 Å². The lowest BCUT2D eigenvalue weighted by Gasteiger charge is -2.25. The fraction of sp³-hybridized carbons (Fsp3) is 0.843. The summed E-state index contributed by atoms with van der Waals surface area (Å²) < 4.78 is 23.9. The zero-order valence-corrected chi connectivity index (χ0v) is 62.9. The molecule has 9 heteroatoms. The monoisotopic (exact) mass is 1310 g/mol. The van der Waals surface area contributed by atoms with Gasteiger partial charge in [0.05, 0.1) is 39.9 Å². The van der Waals surface area contributed by atoms with Crippen LogP contribution in [0.25, 0.3) is 0 Å². The first-order chi connectivity index (χ1) is 45.0. The summed E-state index contributed by atoms with van der Waals surface area (Å²) >= 11 is 0. The Bertz CT molecular complexity index is 1730. The maximum atomic E-state index is 13.1. The first-order valence-corrected chi connectivity index (χ1v) is 41.8. The Morgan fingerprint density at radius 1 is 0.380 bits per heavy atom. The molecule has 0 aliphatic heterocycles. The minimum Gasteiger partial charge on any atom is -0.387 e. The lowest BCUT2D eigenvalue weighted by Crippen LogP contribution is -2.45. The molecule has 0 saturated heterocycles. The SMILES string of the molecule is CC/C=C\C/C=C\C/C=C\C/C=C\C/C=C\CCCCCCCCCCCCCCCCCCCCCCCCCC(=O)NC(COP(=O)(O)OCC[N+](C)(C)C)C(O)/C=C/CCCCCCCCCCCCCCCCCCCCCCCCCCCCCCC. The van der Waals surface area contributed by atoms with Gasteiger partial charge in [-0.2, -0.15) is 0 Å². The van der Waals surface area contributed by atoms with Gasteiger partial charge in [-0.3, -0.25) is 13.8 Å². The number of amides is 1. The van der Waals surface area contributed by atoms with Crippen LogP contribution in [0.1, 0.15) is 399 Å². The third-order valence-electron chi connectivity index (χ3n) is 18.4. The molecular formula is C83H158N2O6P+. The standard InChI is InChI=1S/C83H157N2O6P/c1-6-8-10-12-14-16-18-20-22-24-26-28-30-32-34-36-38-39-40-41-42-43-44-45-47-49-51-53-55-57-59-61-63-65-67-69-71-73-75-77-83(87)84-81(80-91-92(88,89)90-79-78-85(3,4)5)82(86)76-74-72-70-68-66-64-62-60-58-56-54-52-50-48-46-37-35-33-31-29-27-25-23-21-19-17-15-13-11-9-7-2/h8,10,14,16,20,22,26,28,32,34,74,76,81-82,86H,6-7,9,11-13,15,17-19,21,23-25,27,29-31,33,35-73,75,77-80H2,1-5H3,(H-,84,87,88,89)/p+1/b10-8-,16-14-,22-20-,28-26-,34-32-,76-74+. The number of likely N-dealkylation sites (N-methyl/N-ethyl adjacent to an activating group) is 1. The number of aliphatic hydroxyl groups excluding tert-OH is 1. The smallest absolute Gasteiger partial charge is 0.387 e. The van der Waals surface area contributed by atoms with E-state index in [9.17, 15) is 19.4 Å². The number of hydrogen-bond acceptors (Lipinski definition) is 5. The molecule has 540 valence electrons. The highest BCUT2D eigenvalue weighted by molar-refractivity contribution is 7.47. The molecule has 0 aromatic carbocycles. The Morgan fingerprint density at radius 3 is 0.957 bits per heavy atom. The highest BCUT2D eigenvalue weighted by atomic mass is 31.2. The highest BCUT2D eigenvalue weighted by Gasteiger charge is 2.28. The van der Waals surface area contributed by atoms with E-state index >= 15 is 0 Å². The summed E-state index contributed by atoms with van der Waals surface area (Å²) in [6.07, 6.45) is 104. The van der Waals surface area contributed by atoms with Crippen molar-refractivity contribution in [2.24, 2.45) is 0 Å². The van der Waals surface area contributed by atoms with E-state index in [4.69, 9.17) is 9.05 Å². The molecule has 0 aromatic heterocycles. The number of quaternary nitrogens is 1. The summed E-state index contributed by atoms with van der Waals surface area (Å²) in [6.45, 7) is 4.76. The zero-order valence-electron chi connectivity index (χ0n) is 62.1. The molecule has 0 fully saturated rings. The molecular weight excluding hydrogens is 1150 g/mol. The van der Waals surface area contributed by atoms with Crippen LogP contribution in [0.2, 0.25) is 0 Å². The van der Waals surface area contributed by atoms with Gasteiger partial charge in [0.25, 0.3) is 0 Å². The van der Waals surface area contributed by atoms with Crippen LogP contribution in [-0.4, -0.2) is 73.4 Å². The summed E-state index contributed by atoms with van der Waals surface area (Å²) in [4.78, 5) is 23.5. The highest BCUT2D eigenvalue weighted by Crippen LogP contribution is 2.43. The molecule has 3 N–H and O–H groups in total. The van der Waals surface area contributed by atoms with Crippen LogP contribution in [0, 0.1) is 0 Å². The first-order valence-electron chi connectivity index (χ1n) is 40.3. The molecule has 3 unspecified atom stereocenters. The molecule has 0 aliphatic carbocycles. The van der Waals surface area contributed by atoms with E-state index in [0.717, 1.165) is 70.6 Å². The fourth-order valence-electron chi connectivity index (χ4n) is 12.3. The Kier molecular flexibility index (Phi) is 71.6. The Hall–Kier alpha value is -2.06. The molecule has 0 rings (SSSR count). The van der Waals surface area contributed by atoms with Gasteiger partial charge in [0.1, 0.15) is 13.2 Å². The van der Waals surface area contributed by atoms with Crippen molar-refractivity contribution in [3.05, 3.63) is 72.9 Å². The summed E-state index contributed by atoms with van der Waals surface area (Å²) in [5, 5.41) is 14.1. The van der Waals surface area contributed by atoms with Gasteiger partial charge in [0.2, 0.25) is 5.91 Å². The predicted molar refractivity (Wildman–Crippen MR) is 406 cm³/mol. The minimum atomic E-state index is -4.36. The fourth-order valence-corrected chi connectivity index (χ4v) is 13.0. The van der Waals surface area contributed by atoms with E-state index in [1.807, 2.05) is 27.2 Å². The second-order valence-corrected chi connectivity index (χ2v) is 30.2. The van der Waals surface area contributed by atoms with Gasteiger partial charge in [0.15, 0.2) is 0 Å². The van der Waals surface area contributed by atoms with E-state index in [2.05, 4.69) is 79.9 Å². The summed E-state index contributed by atoms with van der Waals surface area (Å²) in [5.41, 5.74) is 0. The number of rotatable bonds is 75. The third kappa shape index (κ3) is 75.3. The van der Waals surface area contributed by atoms with Crippen LogP contribution < -0.4 is 5.32 Å². The number of nitrogens with zero attached hydrogens (tertiary/aromatic N) is 1. The maximum absolute atomic E-state index is 13.1. The summed E-state index contributed by atoms with van der Waals surface area (Å²) in [6, 6.07) is -0.849. The molecule has 92 heavy (non-hydrogen) atoms. The van der Waals surface area contributed by atoms with Crippen LogP contribution in [0.3, 0.4) is 0 Å². The average molecular weight is 1310 g/mol. The van der Waals surface area contributed by atoms with Gasteiger partial charge in [0, 0.05) is 6.42 Å². The number of unbranched alkanes of at least 4 members (excludes halogenated alkanes) is 52. The number of allylic oxidation sites excluding steroid dienone is 11. The summed E-state index contributed by atoms with van der Waals surface area (Å²) in [5.74, 6) is -0.169. The van der Waals surface area contributed by atoms with Gasteiger partial charge in [-0.15, -0.1) is 0 Å². The van der Waals surface area contributed by atoms with Crippen molar-refractivity contribution in [1.82, 2.24) is 5.32 Å². The minimum absolute atomic E-state index is 0.0626. The van der Waals surface area contributed by atoms with Gasteiger partial charge in [-0.05, 0) is 64.2 Å². The lowest BCUT2D eigenvalue weighted by molar-refractivity contribution is -0.870. The van der Waals surface area contributed by atoms with Crippen molar-refractivity contribution in [1.29, 1.82) is 0 Å². The van der Waals surface area contributed by atoms with Gasteiger partial charge in [-0.25, -0.2) is 4.57 Å². The van der Waals surface area contributed by atoms with Crippen molar-refractivity contribution in [2.45, 2.75) is 411 Å². The number of phosphoric acid groups is 1. The predicted octanol–water partition coefficient (Wildman–Crippen LogP) is 26.5. The summed E-state index contributed by atoms with van der Waals surface area (Å²) in [7, 11) is 1.59. The maximum Gasteiger partial charge on any atom is 0.472 e. The molecule has 0 aliphatic rings.